The van der Waals surface area contributed by atoms with E-state index in [9.17, 15) is 73.9 Å². The van der Waals surface area contributed by atoms with E-state index in [4.69, 9.17) is 85.4 Å². The van der Waals surface area contributed by atoms with Gasteiger partial charge in [0.05, 0.1) is 51.4 Å². The van der Waals surface area contributed by atoms with Crippen LogP contribution >= 0.6 is 46.4 Å². The molecule has 126 heavy (non-hydrogen) atoms. The lowest BCUT2D eigenvalue weighted by Crippen LogP contribution is -2.66. The molecule has 0 radical (unpaired) electrons. The molecule has 8 aliphatic heterocycles. The number of fused-ring (bicyclic) bond motifs is 15. The first-order valence-electron chi connectivity index (χ1n) is 39.9. The van der Waals surface area contributed by atoms with Gasteiger partial charge < -0.3 is 133 Å². The molecule has 11 bridgehead atoms. The van der Waals surface area contributed by atoms with E-state index in [-0.39, 0.29) is 54.8 Å². The van der Waals surface area contributed by atoms with Crippen molar-refractivity contribution in [3.63, 3.8) is 0 Å². The number of hydrogen-bond donors (Lipinski definition) is 20. The van der Waals surface area contributed by atoms with Crippen molar-refractivity contribution >= 4 is 99.7 Å². The molecule has 44 heteroatoms. The van der Waals surface area contributed by atoms with Gasteiger partial charge in [0.25, 0.3) is 12.3 Å². The minimum Gasteiger partial charge on any atom is -0.508 e. The Labute approximate surface area is 738 Å². The zero-order valence-corrected chi connectivity index (χ0v) is 71.0. The highest BCUT2D eigenvalue weighted by atomic mass is 35.5. The van der Waals surface area contributed by atoms with Crippen LogP contribution in [0, 0.1) is 5.92 Å². The molecule has 680 valence electrons. The lowest BCUT2D eigenvalue weighted by molar-refractivity contribution is -0.334. The molecule has 8 aliphatic rings. The van der Waals surface area contributed by atoms with Gasteiger partial charge in [0, 0.05) is 75.0 Å². The number of piperazine rings is 1. The molecule has 0 aliphatic carbocycles. The Kier molecular flexibility index (Phi) is 30.6. The molecule has 14 rings (SSSR count). The number of halogens is 6. The monoisotopic (exact) mass is 1840 g/mol. The summed E-state index contributed by atoms with van der Waals surface area (Å²) in [5.41, 5.74) is 3.82. The number of nitrogens with one attached hydrogen (secondary N) is 10. The maximum absolute atomic E-state index is 16.3. The summed E-state index contributed by atoms with van der Waals surface area (Å²) in [5, 5.41) is 130. The fraction of sp³-hybridized carbons (Fsp3) is 0.451. The lowest BCUT2D eigenvalue weighted by atomic mass is 9.85. The van der Waals surface area contributed by atoms with Crippen molar-refractivity contribution in [2.45, 2.75) is 169 Å². The number of nitrogens with two attached hydrogens (primary N) is 1. The number of carbonyl (C=O) groups excluding carboxylic acids is 9. The number of aromatic hydroxyl groups is 3. The Morgan fingerprint density at radius 3 is 1.96 bits per heavy atom. The standard InChI is InChI=1S/C82H95Cl4F2N13O25/c1-34(2)20-48(90-5)73(112)97-64-66(107)38-8-12-52(46(85)23-38)122-54-25-40-26-55(70(54)126-80-71(69(110)68(109)56(32-102)124-80)125-59-30-82(4,72(111)35(3)121-59)92-14-15-100-16-18-101(19-17-100)81(119)91-31-36-6-10-44(83)45(84)21-36)123-53-13-9-39(24-47(53)86)67(108)65-78(117)96-63(79(118)99-120-33-57(87)88)43-27-41(103)28-51(105)60(43)42-22-37(7-11-50(42)104)61(75(114)98-65)95-76(115)62(40)94-74(113)49(29-58(89)106)93-77(64)116/h6-13,21-28,34-35,48-49,56-57,59,61-69,71-72,80,90,92,102-105,107-111H,14-20,29-33H2,1-5H3,(H2,89,106)(H,91,119)(H,93,116)(H,94,113)(H,95,115)(H,96,117)(H,97,112)(H,98,114)(H,99,118)/t35?,48?,49?,56?,59?,61?,62?,63-,64?,65?,66?,67?,68?,69?,71?,72?,80?,82-/m1/s1. The number of hydroxylamine groups is 1. The SMILES string of the molecule is CNC(CC(C)C)C(=O)NC1C(=O)NC(CC(N)=O)C(=O)NC2C(=O)NC3C(=O)NC(C(=O)N[C@@H](C(=O)NOCC(F)F)c4cc(O)cc(O)c4-c4cc3ccc4O)C(O)c3ccc(c(Cl)c3)Oc3cc2cc(c3OC2OC(CO)C(O)C(O)C2OC2C[C@@](C)(NCCN3CCN(C(=O)NCc4ccc(Cl)c(Cl)c4)CC3)C(O)C(C)O2)Oc2ccc(cc2Cl)C1O. The Balaban J connectivity index is 0.984. The van der Waals surface area contributed by atoms with Gasteiger partial charge in [-0.1, -0.05) is 84.5 Å². The van der Waals surface area contributed by atoms with Crippen LogP contribution in [0.4, 0.5) is 13.6 Å². The zero-order chi connectivity index (χ0) is 91.2. The molecule has 3 fully saturated rings. The van der Waals surface area contributed by atoms with Crippen LogP contribution in [0.5, 0.6) is 46.0 Å². The van der Waals surface area contributed by atoms with Crippen LogP contribution in [0.3, 0.4) is 0 Å². The fourth-order valence-electron chi connectivity index (χ4n) is 15.5. The second kappa shape index (κ2) is 40.7. The highest BCUT2D eigenvalue weighted by Gasteiger charge is 2.53. The maximum atomic E-state index is 16.3. The van der Waals surface area contributed by atoms with Crippen molar-refractivity contribution < 1.29 is 131 Å². The van der Waals surface area contributed by atoms with Gasteiger partial charge in [-0.05, 0) is 133 Å². The first-order valence-corrected chi connectivity index (χ1v) is 41.4. The number of primary amides is 1. The number of aliphatic hydroxyl groups is 6. The van der Waals surface area contributed by atoms with Gasteiger partial charge in [-0.3, -0.25) is 48.1 Å². The summed E-state index contributed by atoms with van der Waals surface area (Å²) in [4.78, 5) is 142. The van der Waals surface area contributed by atoms with E-state index in [0.29, 0.717) is 42.8 Å². The lowest BCUT2D eigenvalue weighted by Gasteiger charge is -2.48. The number of alkyl halides is 2. The molecule has 3 saturated heterocycles. The number of rotatable bonds is 22. The van der Waals surface area contributed by atoms with E-state index < -0.39 is 261 Å². The summed E-state index contributed by atoms with van der Waals surface area (Å²) >= 11 is 26.6. The molecule has 21 N–H and O–H groups in total. The average Bonchev–Trinajstić information content (AvgIpc) is 0.763. The van der Waals surface area contributed by atoms with E-state index >= 15 is 24.0 Å². The number of phenolic OH excluding ortho intramolecular Hbond substituents is 3. The van der Waals surface area contributed by atoms with Gasteiger partial charge in [0.2, 0.25) is 53.4 Å². The fourth-order valence-corrected chi connectivity index (χ4v) is 16.3. The van der Waals surface area contributed by atoms with Gasteiger partial charge in [-0.15, -0.1) is 0 Å². The largest absolute Gasteiger partial charge is 0.508 e. The number of benzene rings is 6. The van der Waals surface area contributed by atoms with Gasteiger partial charge in [-0.25, -0.2) is 19.1 Å². The third-order valence-electron chi connectivity index (χ3n) is 22.2. The molecule has 6 aromatic carbocycles. The third kappa shape index (κ3) is 21.9. The van der Waals surface area contributed by atoms with E-state index in [1.807, 2.05) is 0 Å². The molecule has 0 aromatic heterocycles. The zero-order valence-electron chi connectivity index (χ0n) is 68.0. The first kappa shape index (κ1) is 94.8. The molecule has 38 nitrogen and oxygen atoms in total. The van der Waals surface area contributed by atoms with Crippen molar-refractivity contribution in [1.29, 1.82) is 0 Å². The number of likely N-dealkylation sites (N-methyl/N-ethyl adjacent to an activating group) is 1. The number of carbonyl (C=O) groups is 9. The minimum atomic E-state index is -3.18. The summed E-state index contributed by atoms with van der Waals surface area (Å²) in [5.74, 6) is -16.4. The third-order valence-corrected chi connectivity index (χ3v) is 23.5. The molecule has 8 heterocycles. The topological polar surface area (TPSA) is 553 Å². The number of nitrogens with zero attached hydrogens (tertiary/aromatic N) is 2. The van der Waals surface area contributed by atoms with Crippen LogP contribution in [-0.4, -0.2) is 254 Å². The Morgan fingerprint density at radius 2 is 1.33 bits per heavy atom. The maximum Gasteiger partial charge on any atom is 0.317 e. The van der Waals surface area contributed by atoms with Crippen LogP contribution in [0.2, 0.25) is 20.1 Å². The molecule has 0 saturated carbocycles. The quantitative estimate of drug-likeness (QED) is 0.0434. The Hall–Kier alpha value is -10.3. The number of amides is 10. The van der Waals surface area contributed by atoms with Crippen LogP contribution in [-0.2, 0) is 63.9 Å². The van der Waals surface area contributed by atoms with Gasteiger partial charge in [-0.2, -0.15) is 0 Å². The predicted molar refractivity (Wildman–Crippen MR) is 442 cm³/mol. The average molecular weight is 1840 g/mol. The number of ether oxygens (including phenoxy) is 6. The second-order valence-electron chi connectivity index (χ2n) is 31.6. The highest BCUT2D eigenvalue weighted by molar-refractivity contribution is 6.42. The summed E-state index contributed by atoms with van der Waals surface area (Å²) < 4.78 is 66.6. The van der Waals surface area contributed by atoms with E-state index in [0.717, 1.165) is 72.3 Å². The van der Waals surface area contributed by atoms with Crippen LogP contribution in [0.25, 0.3) is 11.1 Å². The summed E-state index contributed by atoms with van der Waals surface area (Å²) in [7, 11) is 1.46. The minimum absolute atomic E-state index is 0.129. The van der Waals surface area contributed by atoms with Crippen LogP contribution < -0.4 is 73.3 Å². The van der Waals surface area contributed by atoms with Crippen LogP contribution in [0.1, 0.15) is 111 Å². The second-order valence-corrected chi connectivity index (χ2v) is 33.2. The number of hydrogen-bond acceptors (Lipinski definition) is 28. The molecule has 0 spiro atoms. The number of phenols is 3. The van der Waals surface area contributed by atoms with E-state index in [1.165, 1.54) is 19.2 Å². The smallest absolute Gasteiger partial charge is 0.317 e. The molecule has 6 aromatic rings. The molecular weight excluding hydrogens is 1750 g/mol. The van der Waals surface area contributed by atoms with Gasteiger partial charge in [0.15, 0.2) is 23.9 Å². The Morgan fingerprint density at radius 1 is 0.690 bits per heavy atom. The van der Waals surface area contributed by atoms with Crippen LogP contribution in [0.15, 0.2) is 97.1 Å². The molecular formula is C82H95Cl4F2N13O25. The van der Waals surface area contributed by atoms with Crippen molar-refractivity contribution in [1.82, 2.24) is 63.1 Å². The summed E-state index contributed by atoms with van der Waals surface area (Å²) in [6, 6.07) is 3.34. The van der Waals surface area contributed by atoms with Crippen molar-refractivity contribution in [3.8, 4) is 57.1 Å². The highest BCUT2D eigenvalue weighted by Crippen LogP contribution is 2.50. The predicted octanol–water partition coefficient (Wildman–Crippen LogP) is 2.80. The number of aliphatic hydroxyl groups excluding tert-OH is 6. The molecule has 10 amide bonds. The van der Waals surface area contributed by atoms with Crippen molar-refractivity contribution in [2.75, 3.05) is 59.5 Å². The molecule has 18 atom stereocenters. The normalized spacial score (nSPS) is 26.8. The number of urea groups is 1. The van der Waals surface area contributed by atoms with Crippen molar-refractivity contribution in [3.05, 3.63) is 151 Å². The van der Waals surface area contributed by atoms with Crippen molar-refractivity contribution in [2.24, 2.45) is 11.7 Å². The first-order chi connectivity index (χ1) is 59.8. The molecule has 16 unspecified atom stereocenters. The summed E-state index contributed by atoms with van der Waals surface area (Å²) in [6.45, 7) is 7.05. The van der Waals surface area contributed by atoms with Gasteiger partial charge >= 0.3 is 6.03 Å². The van der Waals surface area contributed by atoms with E-state index in [1.54, 1.807) is 56.3 Å². The van der Waals surface area contributed by atoms with E-state index in [2.05, 4.69) is 52.8 Å². The van der Waals surface area contributed by atoms with Gasteiger partial charge in [0.1, 0.15) is 102 Å². The Bertz CT molecular complexity index is 5090. The summed E-state index contributed by atoms with van der Waals surface area (Å²) in [6.07, 6.45) is -22.3.